The maximum absolute atomic E-state index is 9.96. The molecule has 1 saturated carbocycles. The molecular formula is C13H19N5O. The van der Waals surface area contributed by atoms with Crippen LogP contribution < -0.4 is 11.1 Å². The van der Waals surface area contributed by atoms with E-state index >= 15 is 0 Å². The van der Waals surface area contributed by atoms with E-state index in [4.69, 9.17) is 5.73 Å². The van der Waals surface area contributed by atoms with Crippen LogP contribution in [0.1, 0.15) is 32.6 Å². The summed E-state index contributed by atoms with van der Waals surface area (Å²) in [5.41, 5.74) is 5.85. The quantitative estimate of drug-likeness (QED) is 0.760. The fourth-order valence-corrected chi connectivity index (χ4v) is 2.62. The molecule has 0 aromatic carbocycles. The van der Waals surface area contributed by atoms with Crippen LogP contribution in [-0.2, 0) is 0 Å². The molecule has 1 aliphatic carbocycles. The molecule has 0 amide bonds. The molecule has 1 fully saturated rings. The van der Waals surface area contributed by atoms with E-state index in [1.54, 1.807) is 4.52 Å². The van der Waals surface area contributed by atoms with E-state index in [0.717, 1.165) is 37.1 Å². The lowest BCUT2D eigenvalue weighted by Gasteiger charge is -2.33. The van der Waals surface area contributed by atoms with Gasteiger partial charge >= 0.3 is 0 Å². The zero-order valence-electron chi connectivity index (χ0n) is 11.0. The van der Waals surface area contributed by atoms with E-state index in [2.05, 4.69) is 15.4 Å². The Labute approximate surface area is 111 Å². The Morgan fingerprint density at radius 2 is 2.16 bits per heavy atom. The fourth-order valence-electron chi connectivity index (χ4n) is 2.62. The number of rotatable bonds is 2. The molecular weight excluding hydrogens is 242 g/mol. The summed E-state index contributed by atoms with van der Waals surface area (Å²) in [4.78, 5) is 4.14. The van der Waals surface area contributed by atoms with Crippen LogP contribution in [0, 0.1) is 0 Å². The van der Waals surface area contributed by atoms with Crippen LogP contribution in [0.15, 0.2) is 18.2 Å². The first kappa shape index (κ1) is 12.2. The number of pyridine rings is 1. The monoisotopic (exact) mass is 261 g/mol. The van der Waals surface area contributed by atoms with Gasteiger partial charge in [0, 0.05) is 6.04 Å². The summed E-state index contributed by atoms with van der Waals surface area (Å²) in [7, 11) is 0. The van der Waals surface area contributed by atoms with Crippen molar-refractivity contribution >= 4 is 17.4 Å². The zero-order valence-corrected chi connectivity index (χ0v) is 11.0. The summed E-state index contributed by atoms with van der Waals surface area (Å²) in [5, 5.41) is 17.6. The van der Waals surface area contributed by atoms with E-state index in [1.165, 1.54) is 0 Å². The molecule has 19 heavy (non-hydrogen) atoms. The Morgan fingerprint density at radius 1 is 1.42 bits per heavy atom. The average molecular weight is 261 g/mol. The third kappa shape index (κ3) is 2.49. The molecule has 2 aromatic rings. The number of nitrogens with zero attached hydrogens (tertiary/aromatic N) is 3. The molecule has 0 unspecified atom stereocenters. The van der Waals surface area contributed by atoms with Crippen molar-refractivity contribution in [3.63, 3.8) is 0 Å². The predicted molar refractivity (Wildman–Crippen MR) is 73.9 cm³/mol. The van der Waals surface area contributed by atoms with Crippen LogP contribution in [0.25, 0.3) is 5.65 Å². The Kier molecular flexibility index (Phi) is 2.82. The number of nitrogen functional groups attached to an aromatic ring is 1. The van der Waals surface area contributed by atoms with E-state index in [9.17, 15) is 5.11 Å². The van der Waals surface area contributed by atoms with Gasteiger partial charge in [0.05, 0.1) is 5.60 Å². The highest BCUT2D eigenvalue weighted by Gasteiger charge is 2.28. The Morgan fingerprint density at radius 3 is 2.89 bits per heavy atom. The van der Waals surface area contributed by atoms with Crippen molar-refractivity contribution in [3.05, 3.63) is 18.2 Å². The SMILES string of the molecule is CC1(O)CCC(Nc2cccc3nc(N)nn23)CC1. The first-order valence-electron chi connectivity index (χ1n) is 6.64. The van der Waals surface area contributed by atoms with E-state index < -0.39 is 5.60 Å². The van der Waals surface area contributed by atoms with Crippen molar-refractivity contribution in [2.75, 3.05) is 11.1 Å². The van der Waals surface area contributed by atoms with Crippen LogP contribution in [0.4, 0.5) is 11.8 Å². The van der Waals surface area contributed by atoms with Gasteiger partial charge < -0.3 is 16.2 Å². The second-order valence-corrected chi connectivity index (χ2v) is 5.57. The van der Waals surface area contributed by atoms with Crippen LogP contribution in [-0.4, -0.2) is 31.3 Å². The van der Waals surface area contributed by atoms with Gasteiger partial charge in [0.15, 0.2) is 5.65 Å². The smallest absolute Gasteiger partial charge is 0.240 e. The molecule has 2 heterocycles. The summed E-state index contributed by atoms with van der Waals surface area (Å²) < 4.78 is 1.72. The summed E-state index contributed by atoms with van der Waals surface area (Å²) in [6.07, 6.45) is 3.54. The number of hydrogen-bond donors (Lipinski definition) is 3. The van der Waals surface area contributed by atoms with Crippen LogP contribution in [0.2, 0.25) is 0 Å². The predicted octanol–water partition coefficient (Wildman–Crippen LogP) is 1.42. The lowest BCUT2D eigenvalue weighted by Crippen LogP contribution is -2.36. The minimum Gasteiger partial charge on any atom is -0.390 e. The molecule has 0 spiro atoms. The average Bonchev–Trinajstić information content (AvgIpc) is 2.73. The van der Waals surface area contributed by atoms with Gasteiger partial charge in [-0.3, -0.25) is 0 Å². The van der Waals surface area contributed by atoms with Gasteiger partial charge in [-0.1, -0.05) is 6.07 Å². The molecule has 1 aliphatic rings. The van der Waals surface area contributed by atoms with Gasteiger partial charge in [0.1, 0.15) is 5.82 Å². The largest absolute Gasteiger partial charge is 0.390 e. The highest BCUT2D eigenvalue weighted by atomic mass is 16.3. The summed E-state index contributed by atoms with van der Waals surface area (Å²) in [6, 6.07) is 6.13. The van der Waals surface area contributed by atoms with Gasteiger partial charge in [-0.25, -0.2) is 0 Å². The number of nitrogens with two attached hydrogens (primary N) is 1. The van der Waals surface area contributed by atoms with Crippen LogP contribution >= 0.6 is 0 Å². The zero-order chi connectivity index (χ0) is 13.5. The maximum atomic E-state index is 9.96. The molecule has 3 rings (SSSR count). The standard InChI is InChI=1S/C13H19N5O/c1-13(19)7-5-9(6-8-13)15-10-3-2-4-11-16-12(14)17-18(10)11/h2-4,9,15,19H,5-8H2,1H3,(H2,14,17). The molecule has 0 atom stereocenters. The van der Waals surface area contributed by atoms with Crippen LogP contribution in [0.5, 0.6) is 0 Å². The Hall–Kier alpha value is -1.82. The second kappa shape index (κ2) is 4.38. The number of anilines is 2. The van der Waals surface area contributed by atoms with Gasteiger partial charge in [-0.2, -0.15) is 9.50 Å². The number of hydrogen-bond acceptors (Lipinski definition) is 5. The van der Waals surface area contributed by atoms with E-state index in [0.29, 0.717) is 6.04 Å². The van der Waals surface area contributed by atoms with Crippen molar-refractivity contribution in [3.8, 4) is 0 Å². The van der Waals surface area contributed by atoms with Gasteiger partial charge in [0.25, 0.3) is 0 Å². The maximum Gasteiger partial charge on any atom is 0.240 e. The highest BCUT2D eigenvalue weighted by molar-refractivity contribution is 5.51. The van der Waals surface area contributed by atoms with Crippen molar-refractivity contribution in [2.24, 2.45) is 0 Å². The van der Waals surface area contributed by atoms with Gasteiger partial charge in [0.2, 0.25) is 5.95 Å². The molecule has 0 aliphatic heterocycles. The van der Waals surface area contributed by atoms with E-state index in [1.807, 2.05) is 25.1 Å². The molecule has 6 heteroatoms. The molecule has 4 N–H and O–H groups in total. The third-order valence-electron chi connectivity index (χ3n) is 3.79. The summed E-state index contributed by atoms with van der Waals surface area (Å²) in [6.45, 7) is 1.90. The Balaban J connectivity index is 1.79. The van der Waals surface area contributed by atoms with Crippen molar-refractivity contribution in [1.82, 2.24) is 14.6 Å². The second-order valence-electron chi connectivity index (χ2n) is 5.57. The lowest BCUT2D eigenvalue weighted by atomic mass is 9.84. The first-order valence-corrected chi connectivity index (χ1v) is 6.64. The van der Waals surface area contributed by atoms with Crippen LogP contribution in [0.3, 0.4) is 0 Å². The molecule has 0 bridgehead atoms. The summed E-state index contributed by atoms with van der Waals surface area (Å²) >= 11 is 0. The molecule has 0 radical (unpaired) electrons. The van der Waals surface area contributed by atoms with Crippen molar-refractivity contribution < 1.29 is 5.11 Å². The molecule has 102 valence electrons. The number of aliphatic hydroxyl groups is 1. The fraction of sp³-hybridized carbons (Fsp3) is 0.538. The lowest BCUT2D eigenvalue weighted by molar-refractivity contribution is 0.0196. The minimum atomic E-state index is -0.512. The molecule has 0 saturated heterocycles. The number of nitrogens with one attached hydrogen (secondary N) is 1. The third-order valence-corrected chi connectivity index (χ3v) is 3.79. The normalized spacial score (nSPS) is 27.6. The highest BCUT2D eigenvalue weighted by Crippen LogP contribution is 2.29. The minimum absolute atomic E-state index is 0.279. The van der Waals surface area contributed by atoms with Crippen molar-refractivity contribution in [2.45, 2.75) is 44.2 Å². The number of fused-ring (bicyclic) bond motifs is 1. The van der Waals surface area contributed by atoms with Gasteiger partial charge in [-0.05, 0) is 44.7 Å². The summed E-state index contributed by atoms with van der Waals surface area (Å²) in [5.74, 6) is 1.18. The van der Waals surface area contributed by atoms with E-state index in [-0.39, 0.29) is 5.95 Å². The number of aromatic nitrogens is 3. The first-order chi connectivity index (χ1) is 9.03. The van der Waals surface area contributed by atoms with Crippen molar-refractivity contribution in [1.29, 1.82) is 0 Å². The molecule has 6 nitrogen and oxygen atoms in total. The topological polar surface area (TPSA) is 88.5 Å². The van der Waals surface area contributed by atoms with Gasteiger partial charge in [-0.15, -0.1) is 5.10 Å². The Bertz CT molecular complexity index is 582. The molecule has 2 aromatic heterocycles.